The van der Waals surface area contributed by atoms with Crippen molar-refractivity contribution < 1.29 is 17.9 Å². The van der Waals surface area contributed by atoms with Crippen molar-refractivity contribution in [1.82, 2.24) is 0 Å². The number of ether oxygens (including phenoxy) is 1. The molecule has 3 aromatic rings. The summed E-state index contributed by atoms with van der Waals surface area (Å²) in [7, 11) is -4.09. The van der Waals surface area contributed by atoms with Gasteiger partial charge in [-0.1, -0.05) is 35.3 Å². The van der Waals surface area contributed by atoms with Gasteiger partial charge in [0.1, 0.15) is 12.3 Å². The van der Waals surface area contributed by atoms with Crippen LogP contribution in [0.4, 0.5) is 11.4 Å². The minimum Gasteiger partial charge on any atom is -0.492 e. The molecular formula is C23H22Cl2N2O4S2. The van der Waals surface area contributed by atoms with Crippen LogP contribution in [0.1, 0.15) is 6.92 Å². The van der Waals surface area contributed by atoms with E-state index in [1.54, 1.807) is 55.5 Å². The molecule has 0 atom stereocenters. The molecule has 0 saturated heterocycles. The molecule has 1 amide bonds. The van der Waals surface area contributed by atoms with Gasteiger partial charge in [-0.3, -0.25) is 9.10 Å². The van der Waals surface area contributed by atoms with Crippen molar-refractivity contribution in [3.63, 3.8) is 0 Å². The Kier molecular flexibility index (Phi) is 8.53. The number of para-hydroxylation sites is 2. The van der Waals surface area contributed by atoms with Crippen LogP contribution in [0.15, 0.2) is 76.5 Å². The van der Waals surface area contributed by atoms with Gasteiger partial charge in [0, 0.05) is 10.6 Å². The molecule has 0 bridgehead atoms. The summed E-state index contributed by atoms with van der Waals surface area (Å²) < 4.78 is 33.9. The number of hydrogen-bond acceptors (Lipinski definition) is 5. The first-order chi connectivity index (χ1) is 15.8. The van der Waals surface area contributed by atoms with Crippen molar-refractivity contribution in [2.24, 2.45) is 0 Å². The van der Waals surface area contributed by atoms with Crippen LogP contribution in [0.2, 0.25) is 10.0 Å². The predicted molar refractivity (Wildman–Crippen MR) is 135 cm³/mol. The lowest BCUT2D eigenvalue weighted by atomic mass is 10.3. The molecule has 0 unspecified atom stereocenters. The summed E-state index contributed by atoms with van der Waals surface area (Å²) in [6.07, 6.45) is 1.90. The van der Waals surface area contributed by atoms with E-state index in [-0.39, 0.29) is 15.6 Å². The van der Waals surface area contributed by atoms with Gasteiger partial charge in [0.15, 0.2) is 0 Å². The van der Waals surface area contributed by atoms with E-state index in [2.05, 4.69) is 5.32 Å². The van der Waals surface area contributed by atoms with Crippen molar-refractivity contribution in [2.75, 3.05) is 29.0 Å². The normalized spacial score (nSPS) is 11.2. The first-order valence-electron chi connectivity index (χ1n) is 9.89. The number of rotatable bonds is 9. The summed E-state index contributed by atoms with van der Waals surface area (Å²) >= 11 is 13.5. The molecule has 0 aliphatic carbocycles. The van der Waals surface area contributed by atoms with E-state index in [0.29, 0.717) is 23.1 Å². The first-order valence-corrected chi connectivity index (χ1v) is 13.3. The molecule has 33 heavy (non-hydrogen) atoms. The van der Waals surface area contributed by atoms with Crippen LogP contribution in [-0.2, 0) is 14.8 Å². The molecule has 0 aromatic heterocycles. The average molecular weight is 525 g/mol. The molecule has 0 radical (unpaired) electrons. The van der Waals surface area contributed by atoms with E-state index >= 15 is 0 Å². The van der Waals surface area contributed by atoms with E-state index in [0.717, 1.165) is 9.20 Å². The maximum atomic E-state index is 13.6. The molecule has 1 N–H and O–H groups in total. The Balaban J connectivity index is 1.99. The fourth-order valence-electron chi connectivity index (χ4n) is 3.02. The Bertz CT molecular complexity index is 1240. The summed E-state index contributed by atoms with van der Waals surface area (Å²) in [4.78, 5) is 13.9. The topological polar surface area (TPSA) is 75.7 Å². The van der Waals surface area contributed by atoms with Crippen LogP contribution in [-0.4, -0.2) is 33.7 Å². The Morgan fingerprint density at radius 2 is 1.73 bits per heavy atom. The van der Waals surface area contributed by atoms with Crippen molar-refractivity contribution in [2.45, 2.75) is 16.7 Å². The molecule has 0 spiro atoms. The zero-order valence-electron chi connectivity index (χ0n) is 17.9. The van der Waals surface area contributed by atoms with Gasteiger partial charge >= 0.3 is 0 Å². The second-order valence-electron chi connectivity index (χ2n) is 6.77. The van der Waals surface area contributed by atoms with Gasteiger partial charge in [-0.05, 0) is 67.8 Å². The Morgan fingerprint density at radius 1 is 1.03 bits per heavy atom. The van der Waals surface area contributed by atoms with Crippen molar-refractivity contribution in [3.05, 3.63) is 76.8 Å². The molecule has 0 heterocycles. The zero-order chi connectivity index (χ0) is 24.0. The summed E-state index contributed by atoms with van der Waals surface area (Å²) in [6.45, 7) is 1.66. The minimum atomic E-state index is -4.09. The maximum absolute atomic E-state index is 13.6. The van der Waals surface area contributed by atoms with Crippen molar-refractivity contribution in [3.8, 4) is 5.75 Å². The SMILES string of the molecule is CCOc1ccccc1N(CC(=O)Nc1ccc(Cl)c(Cl)c1)S(=O)(=O)c1ccc(SC)cc1. The van der Waals surface area contributed by atoms with E-state index in [1.165, 1.54) is 30.0 Å². The minimum absolute atomic E-state index is 0.0638. The van der Waals surface area contributed by atoms with E-state index in [9.17, 15) is 13.2 Å². The monoisotopic (exact) mass is 524 g/mol. The van der Waals surface area contributed by atoms with E-state index in [1.807, 2.05) is 6.26 Å². The molecule has 0 aliphatic heterocycles. The number of benzene rings is 3. The van der Waals surface area contributed by atoms with Gasteiger partial charge in [-0.25, -0.2) is 8.42 Å². The molecular weight excluding hydrogens is 503 g/mol. The number of carbonyl (C=O) groups is 1. The second kappa shape index (κ2) is 11.2. The predicted octanol–water partition coefficient (Wildman–Crippen LogP) is 5.95. The molecule has 3 rings (SSSR count). The number of nitrogens with one attached hydrogen (secondary N) is 1. The van der Waals surface area contributed by atoms with Gasteiger partial charge in [-0.15, -0.1) is 11.8 Å². The molecule has 174 valence electrons. The molecule has 0 aliphatic rings. The number of thioether (sulfide) groups is 1. The zero-order valence-corrected chi connectivity index (χ0v) is 21.1. The van der Waals surface area contributed by atoms with Gasteiger partial charge in [0.25, 0.3) is 10.0 Å². The van der Waals surface area contributed by atoms with Crippen LogP contribution in [0.25, 0.3) is 0 Å². The second-order valence-corrected chi connectivity index (χ2v) is 10.3. The molecule has 3 aromatic carbocycles. The number of hydrogen-bond donors (Lipinski definition) is 1. The highest BCUT2D eigenvalue weighted by Crippen LogP contribution is 2.33. The number of sulfonamides is 1. The van der Waals surface area contributed by atoms with Crippen molar-refractivity contribution in [1.29, 1.82) is 0 Å². The van der Waals surface area contributed by atoms with E-state index < -0.39 is 22.5 Å². The lowest BCUT2D eigenvalue weighted by Gasteiger charge is -2.26. The van der Waals surface area contributed by atoms with Crippen LogP contribution < -0.4 is 14.4 Å². The third-order valence-electron chi connectivity index (χ3n) is 4.57. The molecule has 0 fully saturated rings. The third kappa shape index (κ3) is 6.14. The smallest absolute Gasteiger partial charge is 0.264 e. The van der Waals surface area contributed by atoms with Crippen LogP contribution in [0, 0.1) is 0 Å². The average Bonchev–Trinajstić information content (AvgIpc) is 2.80. The number of carbonyl (C=O) groups excluding carboxylic acids is 1. The molecule has 0 saturated carbocycles. The Morgan fingerprint density at radius 3 is 2.36 bits per heavy atom. The van der Waals surface area contributed by atoms with Crippen LogP contribution in [0.3, 0.4) is 0 Å². The van der Waals surface area contributed by atoms with Gasteiger partial charge in [0.2, 0.25) is 5.91 Å². The Hall–Kier alpha value is -2.39. The standard InChI is InChI=1S/C23H22Cl2N2O4S2/c1-3-31-22-7-5-4-6-21(22)27(33(29,30)18-11-9-17(32-2)10-12-18)15-23(28)26-16-8-13-19(24)20(25)14-16/h4-14H,3,15H2,1-2H3,(H,26,28). The van der Waals surface area contributed by atoms with E-state index in [4.69, 9.17) is 27.9 Å². The number of nitrogens with zero attached hydrogens (tertiary/aromatic N) is 1. The molecule has 6 nitrogen and oxygen atoms in total. The highest BCUT2D eigenvalue weighted by Gasteiger charge is 2.29. The third-order valence-corrected chi connectivity index (χ3v) is 7.83. The quantitative estimate of drug-likeness (QED) is 0.350. The number of anilines is 2. The summed E-state index contributed by atoms with van der Waals surface area (Å²) in [5.41, 5.74) is 0.659. The Labute approximate surface area is 207 Å². The van der Waals surface area contributed by atoms with Gasteiger partial charge in [0.05, 0.1) is 27.2 Å². The fraction of sp³-hybridized carbons (Fsp3) is 0.174. The van der Waals surface area contributed by atoms with Crippen LogP contribution in [0.5, 0.6) is 5.75 Å². The summed E-state index contributed by atoms with van der Waals surface area (Å²) in [5.74, 6) is -0.198. The maximum Gasteiger partial charge on any atom is 0.264 e. The lowest BCUT2D eigenvalue weighted by Crippen LogP contribution is -2.38. The number of halogens is 2. The highest BCUT2D eigenvalue weighted by atomic mass is 35.5. The summed E-state index contributed by atoms with van der Waals surface area (Å²) in [5, 5.41) is 3.29. The lowest BCUT2D eigenvalue weighted by molar-refractivity contribution is -0.114. The fourth-order valence-corrected chi connectivity index (χ4v) is 5.16. The number of amides is 1. The molecule has 10 heteroatoms. The summed E-state index contributed by atoms with van der Waals surface area (Å²) in [6, 6.07) is 17.8. The largest absolute Gasteiger partial charge is 0.492 e. The first kappa shape index (κ1) is 25.2. The van der Waals surface area contributed by atoms with Gasteiger partial charge in [-0.2, -0.15) is 0 Å². The highest BCUT2D eigenvalue weighted by molar-refractivity contribution is 7.98. The van der Waals surface area contributed by atoms with Gasteiger partial charge < -0.3 is 10.1 Å². The van der Waals surface area contributed by atoms with Crippen molar-refractivity contribution >= 4 is 62.3 Å². The van der Waals surface area contributed by atoms with Crippen LogP contribution >= 0.6 is 35.0 Å².